The van der Waals surface area contributed by atoms with E-state index in [9.17, 15) is 9.59 Å². The van der Waals surface area contributed by atoms with Crippen molar-refractivity contribution in [2.45, 2.75) is 25.4 Å². The van der Waals surface area contributed by atoms with Crippen molar-refractivity contribution in [1.82, 2.24) is 9.88 Å². The first-order chi connectivity index (χ1) is 8.66. The van der Waals surface area contributed by atoms with Gasteiger partial charge in [-0.1, -0.05) is 0 Å². The van der Waals surface area contributed by atoms with Crippen LogP contribution in [0.3, 0.4) is 0 Å². The molecule has 2 rings (SSSR count). The van der Waals surface area contributed by atoms with Gasteiger partial charge in [0.2, 0.25) is 5.91 Å². The first-order valence-electron chi connectivity index (χ1n) is 5.99. The topological polar surface area (TPSA) is 86.3 Å². The van der Waals surface area contributed by atoms with Crippen molar-refractivity contribution in [3.8, 4) is 0 Å². The molecule has 1 fully saturated rings. The van der Waals surface area contributed by atoms with Crippen molar-refractivity contribution in [3.05, 3.63) is 28.7 Å². The van der Waals surface area contributed by atoms with Crippen LogP contribution in [0.25, 0.3) is 0 Å². The number of rotatable bonds is 3. The molecule has 0 spiro atoms. The predicted octanol–water partition coefficient (Wildman–Crippen LogP) is -0.274. The van der Waals surface area contributed by atoms with Gasteiger partial charge >= 0.3 is 0 Å². The molecule has 0 atom stereocenters. The van der Waals surface area contributed by atoms with Crippen LogP contribution < -0.4 is 16.6 Å². The monoisotopic (exact) mass is 251 g/mol. The first-order valence-corrected chi connectivity index (χ1v) is 5.99. The molecule has 18 heavy (non-hydrogen) atoms. The van der Waals surface area contributed by atoms with Gasteiger partial charge in [-0.2, -0.15) is 0 Å². The molecule has 1 aliphatic heterocycles. The summed E-state index contributed by atoms with van der Waals surface area (Å²) in [4.78, 5) is 23.4. The number of carbonyl (C=O) groups is 1. The number of anilines is 1. The Labute approximate surface area is 105 Å². The fraction of sp³-hybridized carbons (Fsp3) is 0.500. The smallest absolute Gasteiger partial charge is 0.274 e. The van der Waals surface area contributed by atoms with Crippen LogP contribution in [-0.4, -0.2) is 29.7 Å². The maximum absolute atomic E-state index is 11.8. The summed E-state index contributed by atoms with van der Waals surface area (Å²) in [6.45, 7) is 1.34. The third-order valence-electron chi connectivity index (χ3n) is 2.95. The molecule has 6 nitrogen and oxygen atoms in total. The quantitative estimate of drug-likeness (QED) is 0.774. The first kappa shape index (κ1) is 12.6. The Morgan fingerprint density at radius 1 is 1.50 bits per heavy atom. The Morgan fingerprint density at radius 3 is 2.94 bits per heavy atom. The van der Waals surface area contributed by atoms with Gasteiger partial charge in [0.15, 0.2) is 0 Å². The number of nitrogens with zero attached hydrogens (tertiary/aromatic N) is 1. The second-order valence-corrected chi connectivity index (χ2v) is 4.35. The van der Waals surface area contributed by atoms with Crippen LogP contribution in [0.1, 0.15) is 12.8 Å². The number of nitrogen functional groups attached to an aromatic ring is 1. The predicted molar refractivity (Wildman–Crippen MR) is 67.1 cm³/mol. The lowest BCUT2D eigenvalue weighted by molar-refractivity contribution is -0.123. The van der Waals surface area contributed by atoms with Crippen molar-refractivity contribution >= 4 is 11.6 Å². The summed E-state index contributed by atoms with van der Waals surface area (Å²) in [5.74, 6) is -0.172. The molecule has 0 radical (unpaired) electrons. The molecular weight excluding hydrogens is 234 g/mol. The molecule has 2 heterocycles. The van der Waals surface area contributed by atoms with E-state index in [2.05, 4.69) is 5.32 Å². The highest BCUT2D eigenvalue weighted by Gasteiger charge is 2.16. The summed E-state index contributed by atoms with van der Waals surface area (Å²) >= 11 is 0. The lowest BCUT2D eigenvalue weighted by Crippen LogP contribution is -2.41. The number of ether oxygens (including phenoxy) is 1. The van der Waals surface area contributed by atoms with Crippen LogP contribution in [0.15, 0.2) is 23.1 Å². The molecule has 1 saturated heterocycles. The summed E-state index contributed by atoms with van der Waals surface area (Å²) in [6.07, 6.45) is 3.19. The fourth-order valence-electron chi connectivity index (χ4n) is 1.95. The zero-order chi connectivity index (χ0) is 13.0. The normalized spacial score (nSPS) is 16.4. The minimum Gasteiger partial charge on any atom is -0.394 e. The van der Waals surface area contributed by atoms with E-state index in [1.165, 1.54) is 10.6 Å². The zero-order valence-electron chi connectivity index (χ0n) is 10.1. The Kier molecular flexibility index (Phi) is 3.99. The Bertz CT molecular complexity index is 478. The van der Waals surface area contributed by atoms with E-state index in [1.807, 2.05) is 0 Å². The number of nitrogens with one attached hydrogen (secondary N) is 1. The van der Waals surface area contributed by atoms with E-state index in [0.717, 1.165) is 12.8 Å². The van der Waals surface area contributed by atoms with Crippen LogP contribution in [0.2, 0.25) is 0 Å². The Hall–Kier alpha value is -1.82. The number of pyridine rings is 1. The van der Waals surface area contributed by atoms with E-state index >= 15 is 0 Å². The van der Waals surface area contributed by atoms with Crippen LogP contribution in [0.4, 0.5) is 5.69 Å². The number of hydrogen-bond acceptors (Lipinski definition) is 4. The van der Waals surface area contributed by atoms with Crippen molar-refractivity contribution in [3.63, 3.8) is 0 Å². The van der Waals surface area contributed by atoms with Gasteiger partial charge in [-0.15, -0.1) is 0 Å². The highest BCUT2D eigenvalue weighted by atomic mass is 16.5. The minimum atomic E-state index is -0.334. The SMILES string of the molecule is Nc1cccn(CC(=O)NC2CCOCC2)c1=O. The van der Waals surface area contributed by atoms with Crippen LogP contribution in [0, 0.1) is 0 Å². The molecule has 6 heteroatoms. The summed E-state index contributed by atoms with van der Waals surface area (Å²) in [5.41, 5.74) is 5.31. The summed E-state index contributed by atoms with van der Waals surface area (Å²) in [5, 5.41) is 2.89. The summed E-state index contributed by atoms with van der Waals surface area (Å²) in [6, 6.07) is 3.32. The highest BCUT2D eigenvalue weighted by molar-refractivity contribution is 5.76. The number of nitrogens with two attached hydrogens (primary N) is 1. The molecule has 0 bridgehead atoms. The number of hydrogen-bond donors (Lipinski definition) is 2. The van der Waals surface area contributed by atoms with Crippen LogP contribution in [0.5, 0.6) is 0 Å². The molecule has 1 aromatic heterocycles. The molecule has 1 aromatic rings. The third-order valence-corrected chi connectivity index (χ3v) is 2.95. The van der Waals surface area contributed by atoms with Crippen molar-refractivity contribution in [2.75, 3.05) is 18.9 Å². The second kappa shape index (κ2) is 5.68. The molecule has 1 amide bonds. The molecule has 0 saturated carbocycles. The third kappa shape index (κ3) is 3.10. The largest absolute Gasteiger partial charge is 0.394 e. The molecule has 98 valence electrons. The molecular formula is C12H17N3O3. The Morgan fingerprint density at radius 2 is 2.22 bits per heavy atom. The fourth-order valence-corrected chi connectivity index (χ4v) is 1.95. The van der Waals surface area contributed by atoms with Crippen molar-refractivity contribution < 1.29 is 9.53 Å². The van der Waals surface area contributed by atoms with Gasteiger partial charge in [-0.05, 0) is 25.0 Å². The van der Waals surface area contributed by atoms with E-state index < -0.39 is 0 Å². The number of amides is 1. The van der Waals surface area contributed by atoms with Crippen molar-refractivity contribution in [1.29, 1.82) is 0 Å². The summed E-state index contributed by atoms with van der Waals surface area (Å²) in [7, 11) is 0. The molecule has 1 aliphatic rings. The zero-order valence-corrected chi connectivity index (χ0v) is 10.1. The Balaban J connectivity index is 1.94. The minimum absolute atomic E-state index is 0.00122. The van der Waals surface area contributed by atoms with Gasteiger partial charge in [0.25, 0.3) is 5.56 Å². The average molecular weight is 251 g/mol. The van der Waals surface area contributed by atoms with Gasteiger partial charge in [0, 0.05) is 25.5 Å². The maximum Gasteiger partial charge on any atom is 0.274 e. The number of aromatic nitrogens is 1. The maximum atomic E-state index is 11.8. The van der Waals surface area contributed by atoms with Gasteiger partial charge in [-0.3, -0.25) is 9.59 Å². The average Bonchev–Trinajstić information content (AvgIpc) is 2.36. The lowest BCUT2D eigenvalue weighted by atomic mass is 10.1. The second-order valence-electron chi connectivity index (χ2n) is 4.35. The highest BCUT2D eigenvalue weighted by Crippen LogP contribution is 2.05. The van der Waals surface area contributed by atoms with E-state index in [0.29, 0.717) is 13.2 Å². The van der Waals surface area contributed by atoms with Gasteiger partial charge in [-0.25, -0.2) is 0 Å². The molecule has 0 aliphatic carbocycles. The van der Waals surface area contributed by atoms with Crippen LogP contribution >= 0.6 is 0 Å². The molecule has 0 unspecified atom stereocenters. The van der Waals surface area contributed by atoms with E-state index in [-0.39, 0.29) is 29.7 Å². The van der Waals surface area contributed by atoms with Gasteiger partial charge < -0.3 is 20.4 Å². The molecule has 0 aromatic carbocycles. The number of carbonyl (C=O) groups excluding carboxylic acids is 1. The standard InChI is InChI=1S/C12H17N3O3/c13-10-2-1-5-15(12(10)17)8-11(16)14-9-3-6-18-7-4-9/h1-2,5,9H,3-4,6-8,13H2,(H,14,16). The van der Waals surface area contributed by atoms with Crippen LogP contribution in [-0.2, 0) is 16.1 Å². The van der Waals surface area contributed by atoms with E-state index in [1.54, 1.807) is 12.3 Å². The summed E-state index contributed by atoms with van der Waals surface area (Å²) < 4.78 is 6.52. The van der Waals surface area contributed by atoms with Gasteiger partial charge in [0.1, 0.15) is 6.54 Å². The molecule has 3 N–H and O–H groups in total. The van der Waals surface area contributed by atoms with Gasteiger partial charge in [0.05, 0.1) is 5.69 Å². The lowest BCUT2D eigenvalue weighted by Gasteiger charge is -2.23. The van der Waals surface area contributed by atoms with E-state index in [4.69, 9.17) is 10.5 Å². The van der Waals surface area contributed by atoms with Crippen molar-refractivity contribution in [2.24, 2.45) is 0 Å².